The van der Waals surface area contributed by atoms with Crippen molar-refractivity contribution in [3.05, 3.63) is 234 Å². The molecule has 4 heteroatoms. The van der Waals surface area contributed by atoms with E-state index in [2.05, 4.69) is 215 Å². The summed E-state index contributed by atoms with van der Waals surface area (Å²) in [5.74, 6) is 1.49. The molecule has 4 heterocycles. The van der Waals surface area contributed by atoms with Gasteiger partial charge in [0, 0.05) is 54.6 Å². The first-order valence-corrected chi connectivity index (χ1v) is 26.1. The summed E-state index contributed by atoms with van der Waals surface area (Å²) in [4.78, 5) is 0. The topological polar surface area (TPSA) is 32.2 Å². The van der Waals surface area contributed by atoms with E-state index in [0.29, 0.717) is 5.92 Å². The van der Waals surface area contributed by atoms with Crippen molar-refractivity contribution in [3.8, 4) is 39.4 Å². The normalized spacial score (nSPS) is 17.0. The van der Waals surface area contributed by atoms with Gasteiger partial charge < -0.3 is 18.3 Å². The van der Waals surface area contributed by atoms with Crippen LogP contribution in [0, 0.1) is 0 Å². The number of nitrogens with zero attached hydrogens (tertiary/aromatic N) is 2. The molecule has 73 heavy (non-hydrogen) atoms. The summed E-state index contributed by atoms with van der Waals surface area (Å²) in [6, 6.07) is 77.9. The largest absolute Gasteiger partial charge is 0.487 e. The predicted octanol–water partition coefficient (Wildman–Crippen LogP) is 17.8. The Morgan fingerprint density at radius 1 is 0.397 bits per heavy atom. The smallest absolute Gasteiger partial charge is 0.159 e. The molecular formula is C69H44N2O2. The minimum atomic E-state index is -0.623. The molecule has 11 aromatic carbocycles. The molecule has 4 nitrogen and oxygen atoms in total. The van der Waals surface area contributed by atoms with E-state index in [1.165, 1.54) is 129 Å². The Morgan fingerprint density at radius 3 is 1.63 bits per heavy atom. The van der Waals surface area contributed by atoms with Crippen molar-refractivity contribution >= 4 is 87.1 Å². The Morgan fingerprint density at radius 2 is 0.945 bits per heavy atom. The second-order valence-corrected chi connectivity index (χ2v) is 21.2. The van der Waals surface area contributed by atoms with E-state index in [1.54, 1.807) is 0 Å². The number of benzene rings is 11. The molecule has 0 bridgehead atoms. The van der Waals surface area contributed by atoms with E-state index < -0.39 is 5.41 Å². The predicted molar refractivity (Wildman–Crippen MR) is 299 cm³/mol. The molecule has 1 spiro atoms. The molecule has 3 aromatic heterocycles. The highest BCUT2D eigenvalue weighted by atomic mass is 16.5. The highest BCUT2D eigenvalue weighted by Crippen LogP contribution is 2.65. The van der Waals surface area contributed by atoms with Gasteiger partial charge in [-0.05, 0) is 117 Å². The third kappa shape index (κ3) is 4.74. The number of aromatic nitrogens is 2. The lowest BCUT2D eigenvalue weighted by atomic mass is 9.70. The monoisotopic (exact) mass is 932 g/mol. The van der Waals surface area contributed by atoms with Crippen molar-refractivity contribution in [3.63, 3.8) is 0 Å². The Kier molecular flexibility index (Phi) is 7.32. The number of furan rings is 1. The first-order chi connectivity index (χ1) is 36.2. The van der Waals surface area contributed by atoms with Gasteiger partial charge in [-0.15, -0.1) is 0 Å². The van der Waals surface area contributed by atoms with Crippen molar-refractivity contribution in [1.82, 2.24) is 9.13 Å². The fourth-order valence-corrected chi connectivity index (χ4v) is 15.0. The minimum absolute atomic E-state index is 0.228. The molecule has 0 saturated heterocycles. The van der Waals surface area contributed by atoms with E-state index >= 15 is 0 Å². The van der Waals surface area contributed by atoms with Crippen molar-refractivity contribution in [2.24, 2.45) is 0 Å². The fraction of sp³-hybridized carbons (Fsp3) is 0.101. The van der Waals surface area contributed by atoms with Gasteiger partial charge in [-0.2, -0.15) is 0 Å². The summed E-state index contributed by atoms with van der Waals surface area (Å²) in [6.45, 7) is 0. The molecule has 1 fully saturated rings. The van der Waals surface area contributed by atoms with Gasteiger partial charge in [0.15, 0.2) is 5.58 Å². The molecule has 2 atom stereocenters. The van der Waals surface area contributed by atoms with Crippen molar-refractivity contribution < 1.29 is 9.15 Å². The molecule has 1 aliphatic heterocycles. The van der Waals surface area contributed by atoms with Crippen LogP contribution in [-0.4, -0.2) is 15.2 Å². The number of para-hydroxylation sites is 3. The summed E-state index contributed by atoms with van der Waals surface area (Å²) in [5.41, 5.74) is 19.9. The Bertz CT molecular complexity index is 4760. The Labute approximate surface area is 419 Å². The summed E-state index contributed by atoms with van der Waals surface area (Å²) in [7, 11) is 0. The lowest BCUT2D eigenvalue weighted by Gasteiger charge is -2.30. The van der Waals surface area contributed by atoms with E-state index in [-0.39, 0.29) is 6.10 Å². The molecule has 3 aliphatic carbocycles. The second-order valence-electron chi connectivity index (χ2n) is 21.2. The van der Waals surface area contributed by atoms with E-state index in [1.807, 2.05) is 0 Å². The highest BCUT2D eigenvalue weighted by molar-refractivity contribution is 6.23. The van der Waals surface area contributed by atoms with Gasteiger partial charge in [0.05, 0.1) is 38.9 Å². The van der Waals surface area contributed by atoms with Gasteiger partial charge in [0.25, 0.3) is 0 Å². The quantitative estimate of drug-likeness (QED) is 0.173. The van der Waals surface area contributed by atoms with Gasteiger partial charge >= 0.3 is 0 Å². The van der Waals surface area contributed by atoms with Crippen LogP contribution in [0.4, 0.5) is 0 Å². The lowest BCUT2D eigenvalue weighted by Crippen LogP contribution is -2.26. The molecule has 18 rings (SSSR count). The highest BCUT2D eigenvalue weighted by Gasteiger charge is 2.52. The summed E-state index contributed by atoms with van der Waals surface area (Å²) in [6.07, 6.45) is 5.00. The lowest BCUT2D eigenvalue weighted by molar-refractivity contribution is 0.164. The van der Waals surface area contributed by atoms with Crippen LogP contribution in [-0.2, 0) is 5.41 Å². The maximum absolute atomic E-state index is 7.16. The zero-order valence-electron chi connectivity index (χ0n) is 39.8. The summed E-state index contributed by atoms with van der Waals surface area (Å²) < 4.78 is 19.2. The molecule has 0 radical (unpaired) electrons. The third-order valence-corrected chi connectivity index (χ3v) is 17.9. The first kappa shape index (κ1) is 38.8. The minimum Gasteiger partial charge on any atom is -0.487 e. The molecule has 1 saturated carbocycles. The molecule has 0 N–H and O–H groups in total. The average Bonchev–Trinajstić information content (AvgIpc) is 4.29. The van der Waals surface area contributed by atoms with Gasteiger partial charge in [0.2, 0.25) is 0 Å². The van der Waals surface area contributed by atoms with Crippen molar-refractivity contribution in [2.75, 3.05) is 0 Å². The number of ether oxygens (including phenoxy) is 1. The molecular weight excluding hydrogens is 889 g/mol. The van der Waals surface area contributed by atoms with Crippen molar-refractivity contribution in [1.29, 1.82) is 0 Å². The zero-order chi connectivity index (χ0) is 47.3. The third-order valence-electron chi connectivity index (χ3n) is 17.9. The number of hydrogen-bond acceptors (Lipinski definition) is 2. The number of fused-ring (bicyclic) bond motifs is 26. The van der Waals surface area contributed by atoms with E-state index in [9.17, 15) is 0 Å². The SMILES string of the molecule is c1ccc2c(c1)-c1ccccc1C21c2cc3c(cc2-c2cc4c5ccc6ccccc6c5n(-c5cccc6c5oc5ccccc56)c4cc21)c1ccc2ccccc2c1n3-c1cccc2c1OC1CCCCC21. The van der Waals surface area contributed by atoms with Gasteiger partial charge in [0.1, 0.15) is 17.4 Å². The van der Waals surface area contributed by atoms with Crippen LogP contribution in [0.15, 0.2) is 211 Å². The van der Waals surface area contributed by atoms with Crippen LogP contribution >= 0.6 is 0 Å². The van der Waals surface area contributed by atoms with Crippen LogP contribution in [0.2, 0.25) is 0 Å². The van der Waals surface area contributed by atoms with Crippen LogP contribution in [0.25, 0.3) is 121 Å². The van der Waals surface area contributed by atoms with Gasteiger partial charge in [-0.3, -0.25) is 0 Å². The summed E-state index contributed by atoms with van der Waals surface area (Å²) in [5, 5.41) is 12.1. The van der Waals surface area contributed by atoms with Crippen molar-refractivity contribution in [2.45, 2.75) is 43.1 Å². The maximum atomic E-state index is 7.16. The zero-order valence-corrected chi connectivity index (χ0v) is 39.8. The van der Waals surface area contributed by atoms with Crippen LogP contribution < -0.4 is 4.74 Å². The fourth-order valence-electron chi connectivity index (χ4n) is 15.0. The molecule has 0 amide bonds. The van der Waals surface area contributed by atoms with Crippen LogP contribution in [0.5, 0.6) is 5.75 Å². The first-order valence-electron chi connectivity index (χ1n) is 26.1. The Hall–Kier alpha value is -8.86. The van der Waals surface area contributed by atoms with Gasteiger partial charge in [-0.25, -0.2) is 0 Å². The van der Waals surface area contributed by atoms with Crippen LogP contribution in [0.1, 0.15) is 59.4 Å². The standard InChI is InChI=1S/C69H44N2O2/c1-3-17-41-39(15-1)31-33-47-53-35-51-52-36-54-48-34-32-40-16-2-4-18-42(40)66(48)71(60-28-14-24-50-46-22-8-12-30-64(46)73-68(50)60)62(54)38-58(52)69(55-25-9-5-19-43(55)44-20-6-10-26-56(44)69)57(51)37-61(53)70(65(41)47)59-27-13-23-49-45-21-7-11-29-63(45)72-67(49)59/h1-7,9-11,13-21,23-29,31-38,46,64H,8,12,22,30H2. The van der Waals surface area contributed by atoms with E-state index in [4.69, 9.17) is 9.15 Å². The summed E-state index contributed by atoms with van der Waals surface area (Å²) >= 11 is 0. The number of hydrogen-bond donors (Lipinski definition) is 0. The Balaban J connectivity index is 1.01. The molecule has 4 aliphatic rings. The molecule has 2 unspecified atom stereocenters. The second kappa shape index (κ2) is 13.8. The molecule has 342 valence electrons. The molecule has 14 aromatic rings. The number of rotatable bonds is 2. The van der Waals surface area contributed by atoms with Crippen LogP contribution in [0.3, 0.4) is 0 Å². The maximum Gasteiger partial charge on any atom is 0.159 e. The van der Waals surface area contributed by atoms with Gasteiger partial charge in [-0.1, -0.05) is 170 Å². The van der Waals surface area contributed by atoms with E-state index in [0.717, 1.165) is 51.0 Å². The average molecular weight is 933 g/mol.